The Morgan fingerprint density at radius 3 is 2.71 bits per heavy atom. The minimum atomic E-state index is -0.367. The van der Waals surface area contributed by atoms with Crippen molar-refractivity contribution in [1.82, 2.24) is 0 Å². The van der Waals surface area contributed by atoms with Crippen molar-refractivity contribution in [2.24, 2.45) is 11.7 Å². The van der Waals surface area contributed by atoms with Gasteiger partial charge in [-0.3, -0.25) is 0 Å². The second-order valence-corrected chi connectivity index (χ2v) is 5.15. The zero-order chi connectivity index (χ0) is 10.1. The fourth-order valence-electron chi connectivity index (χ4n) is 1.64. The molecule has 0 bridgehead atoms. The van der Waals surface area contributed by atoms with Gasteiger partial charge in [0.2, 0.25) is 0 Å². The molecule has 3 N–H and O–H groups in total. The summed E-state index contributed by atoms with van der Waals surface area (Å²) in [5.74, 6) is 0.433. The van der Waals surface area contributed by atoms with Crippen LogP contribution in [-0.4, -0.2) is 11.2 Å². The summed E-state index contributed by atoms with van der Waals surface area (Å²) >= 11 is 2.26. The van der Waals surface area contributed by atoms with E-state index in [0.717, 1.165) is 18.4 Å². The van der Waals surface area contributed by atoms with E-state index >= 15 is 0 Å². The lowest BCUT2D eigenvalue weighted by Gasteiger charge is -2.18. The first-order chi connectivity index (χ1) is 6.68. The number of hydrogen-bond donors (Lipinski definition) is 2. The first-order valence-electron chi connectivity index (χ1n) is 4.87. The van der Waals surface area contributed by atoms with Crippen LogP contribution >= 0.6 is 22.6 Å². The fraction of sp³-hybridized carbons (Fsp3) is 0.455. The largest absolute Gasteiger partial charge is 0.391 e. The zero-order valence-corrected chi connectivity index (χ0v) is 10.0. The van der Waals surface area contributed by atoms with Crippen molar-refractivity contribution in [3.8, 4) is 0 Å². The third-order valence-electron chi connectivity index (χ3n) is 2.71. The Kier molecular flexibility index (Phi) is 3.09. The number of rotatable bonds is 3. The summed E-state index contributed by atoms with van der Waals surface area (Å²) in [5, 5.41) is 9.87. The average molecular weight is 303 g/mol. The monoisotopic (exact) mass is 303 g/mol. The second-order valence-electron chi connectivity index (χ2n) is 3.91. The molecule has 0 unspecified atom stereocenters. The maximum atomic E-state index is 9.87. The lowest BCUT2D eigenvalue weighted by atomic mass is 9.99. The van der Waals surface area contributed by atoms with Crippen molar-refractivity contribution in [3.63, 3.8) is 0 Å². The molecule has 1 aromatic carbocycles. The molecular weight excluding hydrogens is 289 g/mol. The minimum Gasteiger partial charge on any atom is -0.391 e. The van der Waals surface area contributed by atoms with Gasteiger partial charge < -0.3 is 10.8 Å². The van der Waals surface area contributed by atoms with Gasteiger partial charge in [0, 0.05) is 3.57 Å². The van der Waals surface area contributed by atoms with E-state index in [2.05, 4.69) is 22.6 Å². The maximum absolute atomic E-state index is 9.87. The Morgan fingerprint density at radius 2 is 2.14 bits per heavy atom. The summed E-state index contributed by atoms with van der Waals surface area (Å²) in [6.07, 6.45) is 1.88. The first-order valence-corrected chi connectivity index (χ1v) is 5.95. The van der Waals surface area contributed by atoms with Crippen LogP contribution in [0.15, 0.2) is 24.3 Å². The summed E-state index contributed by atoms with van der Waals surface area (Å²) in [6.45, 7) is 0. The quantitative estimate of drug-likeness (QED) is 0.840. The third-order valence-corrected chi connectivity index (χ3v) is 3.38. The Balaban J connectivity index is 2.13. The van der Waals surface area contributed by atoms with E-state index in [9.17, 15) is 5.11 Å². The first kappa shape index (κ1) is 10.4. The molecule has 0 amide bonds. The van der Waals surface area contributed by atoms with Crippen molar-refractivity contribution < 1.29 is 5.11 Å². The van der Waals surface area contributed by atoms with Crippen molar-refractivity contribution in [3.05, 3.63) is 33.4 Å². The number of aliphatic hydroxyl groups is 1. The second kappa shape index (κ2) is 4.16. The van der Waals surface area contributed by atoms with Crippen LogP contribution in [0.1, 0.15) is 24.4 Å². The van der Waals surface area contributed by atoms with Crippen molar-refractivity contribution in [2.75, 3.05) is 0 Å². The molecule has 2 rings (SSSR count). The highest BCUT2D eigenvalue weighted by Crippen LogP contribution is 2.37. The molecule has 2 nitrogen and oxygen atoms in total. The van der Waals surface area contributed by atoms with Crippen LogP contribution in [0.2, 0.25) is 0 Å². The molecule has 0 aromatic heterocycles. The molecule has 0 heterocycles. The smallest absolute Gasteiger partial charge is 0.0760 e. The van der Waals surface area contributed by atoms with E-state index < -0.39 is 0 Å². The van der Waals surface area contributed by atoms with Crippen LogP contribution in [0.4, 0.5) is 0 Å². The highest BCUT2D eigenvalue weighted by molar-refractivity contribution is 14.1. The summed E-state index contributed by atoms with van der Waals surface area (Å²) in [6, 6.07) is 7.81. The molecule has 1 fully saturated rings. The Hall–Kier alpha value is -0.130. The SMILES string of the molecule is N[C@H](c1cccc(I)c1)[C@@H](O)C1CC1. The highest BCUT2D eigenvalue weighted by Gasteiger charge is 2.34. The number of halogens is 1. The van der Waals surface area contributed by atoms with E-state index in [1.807, 2.05) is 24.3 Å². The van der Waals surface area contributed by atoms with Crippen molar-refractivity contribution in [1.29, 1.82) is 0 Å². The van der Waals surface area contributed by atoms with Gasteiger partial charge in [0.15, 0.2) is 0 Å². The molecule has 0 saturated heterocycles. The van der Waals surface area contributed by atoms with Gasteiger partial charge in [0.05, 0.1) is 12.1 Å². The van der Waals surface area contributed by atoms with E-state index in [0.29, 0.717) is 5.92 Å². The summed E-state index contributed by atoms with van der Waals surface area (Å²) in [5.41, 5.74) is 7.03. The minimum absolute atomic E-state index is 0.225. The van der Waals surface area contributed by atoms with Gasteiger partial charge in [0.1, 0.15) is 0 Å². The molecule has 1 aliphatic rings. The zero-order valence-electron chi connectivity index (χ0n) is 7.86. The fourth-order valence-corrected chi connectivity index (χ4v) is 2.21. The topological polar surface area (TPSA) is 46.2 Å². The lowest BCUT2D eigenvalue weighted by Crippen LogP contribution is -2.27. The standard InChI is InChI=1S/C11H14INO/c12-9-3-1-2-8(6-9)10(13)11(14)7-4-5-7/h1-3,6-7,10-11,14H,4-5,13H2/t10-,11+/m1/s1. The van der Waals surface area contributed by atoms with Crippen LogP contribution in [0.3, 0.4) is 0 Å². The highest BCUT2D eigenvalue weighted by atomic mass is 127. The summed E-state index contributed by atoms with van der Waals surface area (Å²) in [7, 11) is 0. The molecule has 1 aromatic rings. The van der Waals surface area contributed by atoms with Gasteiger partial charge in [-0.15, -0.1) is 0 Å². The Labute approximate surface area is 97.6 Å². The number of hydrogen-bond acceptors (Lipinski definition) is 2. The van der Waals surface area contributed by atoms with Gasteiger partial charge in [-0.2, -0.15) is 0 Å². The van der Waals surface area contributed by atoms with Gasteiger partial charge in [-0.25, -0.2) is 0 Å². The summed E-state index contributed by atoms with van der Waals surface area (Å²) < 4.78 is 1.17. The lowest BCUT2D eigenvalue weighted by molar-refractivity contribution is 0.122. The molecule has 1 saturated carbocycles. The number of benzene rings is 1. The normalized spacial score (nSPS) is 20.5. The Bertz CT molecular complexity index is 325. The molecule has 3 heteroatoms. The molecule has 0 aliphatic heterocycles. The Morgan fingerprint density at radius 1 is 1.43 bits per heavy atom. The van der Waals surface area contributed by atoms with E-state index in [-0.39, 0.29) is 12.1 Å². The van der Waals surface area contributed by atoms with Crippen LogP contribution in [0.25, 0.3) is 0 Å². The van der Waals surface area contributed by atoms with Gasteiger partial charge in [-0.05, 0) is 59.0 Å². The maximum Gasteiger partial charge on any atom is 0.0760 e. The molecule has 1 aliphatic carbocycles. The number of nitrogens with two attached hydrogens (primary N) is 1. The molecule has 2 atom stereocenters. The van der Waals surface area contributed by atoms with Crippen molar-refractivity contribution >= 4 is 22.6 Å². The van der Waals surface area contributed by atoms with E-state index in [1.165, 1.54) is 3.57 Å². The van der Waals surface area contributed by atoms with E-state index in [4.69, 9.17) is 5.73 Å². The molecular formula is C11H14INO. The average Bonchev–Trinajstić information content (AvgIpc) is 2.99. The predicted molar refractivity (Wildman–Crippen MR) is 64.8 cm³/mol. The third kappa shape index (κ3) is 2.27. The predicted octanol–water partition coefficient (Wildman–Crippen LogP) is 2.06. The van der Waals surface area contributed by atoms with Crippen LogP contribution in [0.5, 0.6) is 0 Å². The van der Waals surface area contributed by atoms with Crippen LogP contribution in [-0.2, 0) is 0 Å². The van der Waals surface area contributed by atoms with E-state index in [1.54, 1.807) is 0 Å². The van der Waals surface area contributed by atoms with Crippen molar-refractivity contribution in [2.45, 2.75) is 25.0 Å². The summed E-state index contributed by atoms with van der Waals surface area (Å²) in [4.78, 5) is 0. The van der Waals surface area contributed by atoms with Crippen LogP contribution in [0, 0.1) is 9.49 Å². The van der Waals surface area contributed by atoms with Crippen LogP contribution < -0.4 is 5.73 Å². The molecule has 76 valence electrons. The number of aliphatic hydroxyl groups excluding tert-OH is 1. The van der Waals surface area contributed by atoms with Gasteiger partial charge in [-0.1, -0.05) is 12.1 Å². The van der Waals surface area contributed by atoms with Gasteiger partial charge in [0.25, 0.3) is 0 Å². The molecule has 0 radical (unpaired) electrons. The van der Waals surface area contributed by atoms with Gasteiger partial charge >= 0.3 is 0 Å². The molecule has 0 spiro atoms. The molecule has 14 heavy (non-hydrogen) atoms.